The van der Waals surface area contributed by atoms with Crippen molar-refractivity contribution in [2.45, 2.75) is 58.9 Å². The van der Waals surface area contributed by atoms with E-state index in [4.69, 9.17) is 4.74 Å². The molecule has 0 bridgehead atoms. The standard InChI is InChI=1S/C21H34N2O3/c1-3-23(18-19-12-8-7-9-13-19)17-16-22-20(24)14-10-5-6-11-15-21(25)26-4-2/h7-9,12-13H,3-6,10-11,14-18H2,1-2H3,(H,22,24). The number of hydrogen-bond acceptors (Lipinski definition) is 4. The third-order valence-electron chi connectivity index (χ3n) is 4.29. The van der Waals surface area contributed by atoms with Crippen LogP contribution in [0.25, 0.3) is 0 Å². The summed E-state index contributed by atoms with van der Waals surface area (Å²) in [5, 5.41) is 3.00. The lowest BCUT2D eigenvalue weighted by Gasteiger charge is -2.20. The largest absolute Gasteiger partial charge is 0.466 e. The van der Waals surface area contributed by atoms with Crippen molar-refractivity contribution >= 4 is 11.9 Å². The zero-order chi connectivity index (χ0) is 19.0. The highest BCUT2D eigenvalue weighted by Gasteiger charge is 2.06. The molecular weight excluding hydrogens is 328 g/mol. The van der Waals surface area contributed by atoms with Gasteiger partial charge < -0.3 is 10.1 Å². The molecule has 0 radical (unpaired) electrons. The predicted octanol–water partition coefficient (Wildman–Crippen LogP) is 3.53. The smallest absolute Gasteiger partial charge is 0.305 e. The van der Waals surface area contributed by atoms with E-state index in [2.05, 4.69) is 41.4 Å². The number of hydrogen-bond donors (Lipinski definition) is 1. The Kier molecular flexibility index (Phi) is 12.2. The molecule has 0 fully saturated rings. The first-order valence-corrected chi connectivity index (χ1v) is 9.84. The van der Waals surface area contributed by atoms with Crippen LogP contribution in [-0.2, 0) is 20.9 Å². The van der Waals surface area contributed by atoms with E-state index in [1.54, 1.807) is 0 Å². The second-order valence-electron chi connectivity index (χ2n) is 6.42. The zero-order valence-electron chi connectivity index (χ0n) is 16.3. The summed E-state index contributed by atoms with van der Waals surface area (Å²) in [7, 11) is 0. The van der Waals surface area contributed by atoms with E-state index in [-0.39, 0.29) is 11.9 Å². The van der Waals surface area contributed by atoms with Gasteiger partial charge >= 0.3 is 5.97 Å². The lowest BCUT2D eigenvalue weighted by atomic mass is 10.1. The fourth-order valence-electron chi connectivity index (χ4n) is 2.77. The molecule has 1 aromatic carbocycles. The van der Waals surface area contributed by atoms with Crippen LogP contribution in [0.4, 0.5) is 0 Å². The number of ether oxygens (including phenoxy) is 1. The fraction of sp³-hybridized carbons (Fsp3) is 0.619. The molecule has 0 saturated carbocycles. The van der Waals surface area contributed by atoms with Crippen LogP contribution < -0.4 is 5.32 Å². The number of rotatable bonds is 14. The van der Waals surface area contributed by atoms with Crippen molar-refractivity contribution in [2.24, 2.45) is 0 Å². The Hall–Kier alpha value is -1.88. The van der Waals surface area contributed by atoms with Crippen LogP contribution in [0.15, 0.2) is 30.3 Å². The minimum atomic E-state index is -0.124. The first-order valence-electron chi connectivity index (χ1n) is 9.84. The Labute approximate surface area is 158 Å². The predicted molar refractivity (Wildman–Crippen MR) is 105 cm³/mol. The van der Waals surface area contributed by atoms with Gasteiger partial charge in [-0.05, 0) is 31.9 Å². The van der Waals surface area contributed by atoms with E-state index in [1.165, 1.54) is 5.56 Å². The molecule has 1 N–H and O–H groups in total. The number of nitrogens with one attached hydrogen (secondary N) is 1. The summed E-state index contributed by atoms with van der Waals surface area (Å²) in [5.41, 5.74) is 1.29. The molecule has 0 atom stereocenters. The van der Waals surface area contributed by atoms with Crippen molar-refractivity contribution in [1.29, 1.82) is 0 Å². The average Bonchev–Trinajstić information content (AvgIpc) is 2.64. The van der Waals surface area contributed by atoms with E-state index >= 15 is 0 Å². The van der Waals surface area contributed by atoms with Crippen molar-refractivity contribution in [3.63, 3.8) is 0 Å². The Balaban J connectivity index is 2.04. The zero-order valence-corrected chi connectivity index (χ0v) is 16.3. The van der Waals surface area contributed by atoms with Crippen LogP contribution >= 0.6 is 0 Å². The van der Waals surface area contributed by atoms with Crippen LogP contribution in [0.2, 0.25) is 0 Å². The number of esters is 1. The summed E-state index contributed by atoms with van der Waals surface area (Å²) in [4.78, 5) is 25.4. The Bertz CT molecular complexity index is 505. The molecule has 146 valence electrons. The van der Waals surface area contributed by atoms with Crippen LogP contribution in [0.3, 0.4) is 0 Å². The SMILES string of the molecule is CCOC(=O)CCCCCCC(=O)NCCN(CC)Cc1ccccc1. The van der Waals surface area contributed by atoms with Gasteiger partial charge in [0.1, 0.15) is 0 Å². The Morgan fingerprint density at radius 1 is 1.00 bits per heavy atom. The maximum absolute atomic E-state index is 11.9. The highest BCUT2D eigenvalue weighted by atomic mass is 16.5. The Morgan fingerprint density at radius 3 is 2.35 bits per heavy atom. The molecule has 0 aliphatic heterocycles. The van der Waals surface area contributed by atoms with Gasteiger partial charge in [0.15, 0.2) is 0 Å². The average molecular weight is 363 g/mol. The number of benzene rings is 1. The van der Waals surface area contributed by atoms with Crippen molar-refractivity contribution < 1.29 is 14.3 Å². The normalized spacial score (nSPS) is 10.7. The minimum absolute atomic E-state index is 0.117. The van der Waals surface area contributed by atoms with Gasteiger partial charge in [-0.15, -0.1) is 0 Å². The summed E-state index contributed by atoms with van der Waals surface area (Å²) >= 11 is 0. The maximum Gasteiger partial charge on any atom is 0.305 e. The second kappa shape index (κ2) is 14.3. The molecule has 0 unspecified atom stereocenters. The quantitative estimate of drug-likeness (QED) is 0.406. The van der Waals surface area contributed by atoms with Gasteiger partial charge in [-0.2, -0.15) is 0 Å². The van der Waals surface area contributed by atoms with Crippen LogP contribution in [-0.4, -0.2) is 43.0 Å². The molecular formula is C21H34N2O3. The Morgan fingerprint density at radius 2 is 1.69 bits per heavy atom. The van der Waals surface area contributed by atoms with E-state index in [0.29, 0.717) is 26.0 Å². The van der Waals surface area contributed by atoms with Crippen molar-refractivity contribution in [2.75, 3.05) is 26.2 Å². The van der Waals surface area contributed by atoms with Crippen LogP contribution in [0.1, 0.15) is 57.9 Å². The molecule has 1 aromatic rings. The van der Waals surface area contributed by atoms with E-state index < -0.39 is 0 Å². The van der Waals surface area contributed by atoms with Crippen LogP contribution in [0, 0.1) is 0 Å². The van der Waals surface area contributed by atoms with Crippen molar-refractivity contribution in [3.8, 4) is 0 Å². The summed E-state index contributed by atoms with van der Waals surface area (Å²) in [6.07, 6.45) is 4.69. The van der Waals surface area contributed by atoms with E-state index in [9.17, 15) is 9.59 Å². The number of unbranched alkanes of at least 4 members (excludes halogenated alkanes) is 3. The molecule has 26 heavy (non-hydrogen) atoms. The van der Waals surface area contributed by atoms with Gasteiger partial charge in [-0.1, -0.05) is 50.1 Å². The number of carbonyl (C=O) groups is 2. The summed E-state index contributed by atoms with van der Waals surface area (Å²) in [6, 6.07) is 10.4. The summed E-state index contributed by atoms with van der Waals surface area (Å²) in [6.45, 7) is 7.82. The summed E-state index contributed by atoms with van der Waals surface area (Å²) < 4.78 is 4.89. The van der Waals surface area contributed by atoms with Gasteiger partial charge in [0, 0.05) is 32.5 Å². The van der Waals surface area contributed by atoms with Crippen molar-refractivity contribution in [3.05, 3.63) is 35.9 Å². The van der Waals surface area contributed by atoms with Crippen molar-refractivity contribution in [1.82, 2.24) is 10.2 Å². The maximum atomic E-state index is 11.9. The highest BCUT2D eigenvalue weighted by molar-refractivity contribution is 5.75. The van der Waals surface area contributed by atoms with E-state index in [0.717, 1.165) is 45.3 Å². The van der Waals surface area contributed by atoms with Gasteiger partial charge in [-0.25, -0.2) is 0 Å². The molecule has 5 nitrogen and oxygen atoms in total. The van der Waals surface area contributed by atoms with Gasteiger partial charge in [0.25, 0.3) is 0 Å². The number of nitrogens with zero attached hydrogens (tertiary/aromatic N) is 1. The minimum Gasteiger partial charge on any atom is -0.466 e. The van der Waals surface area contributed by atoms with Crippen LogP contribution in [0.5, 0.6) is 0 Å². The third kappa shape index (κ3) is 10.9. The van der Waals surface area contributed by atoms with Gasteiger partial charge in [-0.3, -0.25) is 14.5 Å². The fourth-order valence-corrected chi connectivity index (χ4v) is 2.77. The highest BCUT2D eigenvalue weighted by Crippen LogP contribution is 2.06. The third-order valence-corrected chi connectivity index (χ3v) is 4.29. The lowest BCUT2D eigenvalue weighted by Crippen LogP contribution is -2.34. The lowest BCUT2D eigenvalue weighted by molar-refractivity contribution is -0.143. The van der Waals surface area contributed by atoms with E-state index in [1.807, 2.05) is 13.0 Å². The molecule has 0 spiro atoms. The molecule has 0 aliphatic carbocycles. The molecule has 1 amide bonds. The number of likely N-dealkylation sites (N-methyl/N-ethyl adjacent to an activating group) is 1. The topological polar surface area (TPSA) is 58.6 Å². The second-order valence-corrected chi connectivity index (χ2v) is 6.42. The van der Waals surface area contributed by atoms with Gasteiger partial charge in [0.2, 0.25) is 5.91 Å². The van der Waals surface area contributed by atoms with Gasteiger partial charge in [0.05, 0.1) is 6.61 Å². The first kappa shape index (κ1) is 22.2. The molecule has 0 aromatic heterocycles. The first-order chi connectivity index (χ1) is 12.7. The molecule has 0 saturated heterocycles. The molecule has 0 aliphatic rings. The monoisotopic (exact) mass is 362 g/mol. The molecule has 0 heterocycles. The summed E-state index contributed by atoms with van der Waals surface area (Å²) in [5.74, 6) is -0.00705. The molecule has 5 heteroatoms. The molecule has 1 rings (SSSR count). The number of amides is 1. The number of carbonyl (C=O) groups excluding carboxylic acids is 2.